The molecule has 22 heavy (non-hydrogen) atoms. The highest BCUT2D eigenvalue weighted by Crippen LogP contribution is 2.34. The molecule has 1 fully saturated rings. The first-order valence-electron chi connectivity index (χ1n) is 7.90. The molecule has 3 heterocycles. The second kappa shape index (κ2) is 5.25. The van der Waals surface area contributed by atoms with Crippen LogP contribution in [0.5, 0.6) is 0 Å². The maximum Gasteiger partial charge on any atom is 0.258 e. The van der Waals surface area contributed by atoms with Crippen molar-refractivity contribution < 1.29 is 4.52 Å². The Hall–Kier alpha value is -2.14. The molecule has 2 aromatic heterocycles. The van der Waals surface area contributed by atoms with E-state index in [1.807, 2.05) is 24.3 Å². The van der Waals surface area contributed by atoms with Gasteiger partial charge in [-0.3, -0.25) is 9.78 Å². The van der Waals surface area contributed by atoms with Gasteiger partial charge in [0.05, 0.1) is 11.1 Å². The average molecular weight is 297 g/mol. The Balaban J connectivity index is 1.86. The highest BCUT2D eigenvalue weighted by atomic mass is 16.5. The minimum atomic E-state index is -0.119. The molecule has 0 radical (unpaired) electrons. The molecule has 0 saturated carbocycles. The quantitative estimate of drug-likeness (QED) is 0.790. The molecule has 0 aliphatic carbocycles. The van der Waals surface area contributed by atoms with E-state index in [4.69, 9.17) is 4.52 Å². The molecule has 5 nitrogen and oxygen atoms in total. The summed E-state index contributed by atoms with van der Waals surface area (Å²) in [5.41, 5.74) is 1.38. The molecule has 3 aromatic rings. The fourth-order valence-corrected chi connectivity index (χ4v) is 3.52. The van der Waals surface area contributed by atoms with Crippen molar-refractivity contribution in [3.8, 4) is 0 Å². The Labute approximate surface area is 127 Å². The number of rotatable bonds is 2. The summed E-state index contributed by atoms with van der Waals surface area (Å²) in [6.45, 7) is 5.49. The van der Waals surface area contributed by atoms with Crippen LogP contribution in [0.25, 0.3) is 21.9 Å². The van der Waals surface area contributed by atoms with Gasteiger partial charge in [-0.2, -0.15) is 0 Å². The lowest BCUT2D eigenvalue weighted by atomic mass is 9.91. The van der Waals surface area contributed by atoms with E-state index >= 15 is 0 Å². The smallest absolute Gasteiger partial charge is 0.258 e. The number of fused-ring (bicyclic) bond motifs is 3. The van der Waals surface area contributed by atoms with Gasteiger partial charge in [0.2, 0.25) is 5.71 Å². The molecule has 5 heteroatoms. The van der Waals surface area contributed by atoms with Gasteiger partial charge in [0.15, 0.2) is 0 Å². The maximum absolute atomic E-state index is 12.1. The van der Waals surface area contributed by atoms with E-state index in [-0.39, 0.29) is 5.56 Å². The summed E-state index contributed by atoms with van der Waals surface area (Å²) in [6.07, 6.45) is 2.17. The number of hydrogen-bond donors (Lipinski definition) is 1. The fraction of sp³-hybridized carbons (Fsp3) is 0.412. The SMILES string of the molecule is CCN1CCC(c2noc3[nH]c(=O)c4ccccc4c23)CC1. The molecule has 1 saturated heterocycles. The van der Waals surface area contributed by atoms with Gasteiger partial charge in [-0.05, 0) is 38.5 Å². The van der Waals surface area contributed by atoms with E-state index in [0.29, 0.717) is 17.0 Å². The molecule has 0 unspecified atom stereocenters. The second-order valence-corrected chi connectivity index (χ2v) is 5.98. The highest BCUT2D eigenvalue weighted by molar-refractivity contribution is 6.05. The van der Waals surface area contributed by atoms with Crippen LogP contribution in [0.2, 0.25) is 0 Å². The molecular formula is C17H19N3O2. The van der Waals surface area contributed by atoms with Gasteiger partial charge < -0.3 is 9.42 Å². The minimum Gasteiger partial charge on any atom is -0.337 e. The van der Waals surface area contributed by atoms with E-state index in [1.54, 1.807) is 0 Å². The van der Waals surface area contributed by atoms with Gasteiger partial charge in [0.1, 0.15) is 0 Å². The monoisotopic (exact) mass is 297 g/mol. The van der Waals surface area contributed by atoms with Gasteiger partial charge in [-0.25, -0.2) is 0 Å². The van der Waals surface area contributed by atoms with Crippen LogP contribution < -0.4 is 5.56 Å². The van der Waals surface area contributed by atoms with Gasteiger partial charge in [0, 0.05) is 16.7 Å². The molecule has 114 valence electrons. The summed E-state index contributed by atoms with van der Waals surface area (Å²) < 4.78 is 5.43. The van der Waals surface area contributed by atoms with Gasteiger partial charge in [-0.15, -0.1) is 0 Å². The summed E-state index contributed by atoms with van der Waals surface area (Å²) in [6, 6.07) is 7.67. The fourth-order valence-electron chi connectivity index (χ4n) is 3.52. The van der Waals surface area contributed by atoms with Crippen molar-refractivity contribution in [2.45, 2.75) is 25.7 Å². The number of H-pyrrole nitrogens is 1. The minimum absolute atomic E-state index is 0.119. The standard InChI is InChI=1S/C17H19N3O2/c1-2-20-9-7-11(8-10-20)15-14-12-5-3-4-6-13(12)16(21)18-17(14)22-19-15/h3-6,11H,2,7-10H2,1H3,(H,18,21). The number of aromatic amines is 1. The molecule has 0 spiro atoms. The highest BCUT2D eigenvalue weighted by Gasteiger charge is 2.25. The number of nitrogens with one attached hydrogen (secondary N) is 1. The molecule has 1 N–H and O–H groups in total. The molecule has 0 atom stereocenters. The largest absolute Gasteiger partial charge is 0.337 e. The van der Waals surface area contributed by atoms with E-state index in [1.165, 1.54) is 0 Å². The van der Waals surface area contributed by atoms with Crippen LogP contribution in [0.1, 0.15) is 31.4 Å². The Morgan fingerprint density at radius 3 is 2.73 bits per heavy atom. The van der Waals surface area contributed by atoms with E-state index in [0.717, 1.165) is 48.9 Å². The molecule has 4 rings (SSSR count). The van der Waals surface area contributed by atoms with Crippen LogP contribution in [-0.2, 0) is 0 Å². The van der Waals surface area contributed by atoms with Crippen molar-refractivity contribution in [1.29, 1.82) is 0 Å². The predicted molar refractivity (Wildman–Crippen MR) is 86.2 cm³/mol. The van der Waals surface area contributed by atoms with Crippen LogP contribution in [0, 0.1) is 0 Å². The first-order chi connectivity index (χ1) is 10.8. The topological polar surface area (TPSA) is 62.1 Å². The van der Waals surface area contributed by atoms with E-state index < -0.39 is 0 Å². The summed E-state index contributed by atoms with van der Waals surface area (Å²) in [7, 11) is 0. The zero-order valence-corrected chi connectivity index (χ0v) is 12.6. The summed E-state index contributed by atoms with van der Waals surface area (Å²) in [5, 5.41) is 6.91. The third-order valence-corrected chi connectivity index (χ3v) is 4.81. The van der Waals surface area contributed by atoms with Crippen molar-refractivity contribution in [3.63, 3.8) is 0 Å². The third-order valence-electron chi connectivity index (χ3n) is 4.81. The average Bonchev–Trinajstić information content (AvgIpc) is 2.99. The molecule has 1 aliphatic rings. The van der Waals surface area contributed by atoms with Crippen LogP contribution in [0.4, 0.5) is 0 Å². The molecular weight excluding hydrogens is 278 g/mol. The number of pyridine rings is 1. The Bertz CT molecular complexity index is 872. The lowest BCUT2D eigenvalue weighted by Gasteiger charge is -2.30. The summed E-state index contributed by atoms with van der Waals surface area (Å²) in [5.74, 6) is 0.401. The summed E-state index contributed by atoms with van der Waals surface area (Å²) >= 11 is 0. The Kier molecular flexibility index (Phi) is 3.22. The van der Waals surface area contributed by atoms with Gasteiger partial charge >= 0.3 is 0 Å². The number of aromatic nitrogens is 2. The summed E-state index contributed by atoms with van der Waals surface area (Å²) in [4.78, 5) is 17.4. The number of nitrogens with zero attached hydrogens (tertiary/aromatic N) is 2. The number of hydrogen-bond acceptors (Lipinski definition) is 4. The molecule has 0 amide bonds. The van der Waals surface area contributed by atoms with Crippen LogP contribution >= 0.6 is 0 Å². The first kappa shape index (κ1) is 13.5. The van der Waals surface area contributed by atoms with Crippen LogP contribution in [-0.4, -0.2) is 34.7 Å². The molecule has 1 aliphatic heterocycles. The lowest BCUT2D eigenvalue weighted by molar-refractivity contribution is 0.219. The van der Waals surface area contributed by atoms with Gasteiger partial charge in [-0.1, -0.05) is 30.3 Å². The van der Waals surface area contributed by atoms with Crippen LogP contribution in [0.3, 0.4) is 0 Å². The Morgan fingerprint density at radius 2 is 2.00 bits per heavy atom. The van der Waals surface area contributed by atoms with Crippen molar-refractivity contribution in [1.82, 2.24) is 15.0 Å². The van der Waals surface area contributed by atoms with Gasteiger partial charge in [0.25, 0.3) is 5.56 Å². The lowest BCUT2D eigenvalue weighted by Crippen LogP contribution is -2.32. The number of likely N-dealkylation sites (tertiary alicyclic amines) is 1. The normalized spacial score (nSPS) is 17.5. The van der Waals surface area contributed by atoms with Crippen molar-refractivity contribution >= 4 is 21.9 Å². The first-order valence-corrected chi connectivity index (χ1v) is 7.90. The van der Waals surface area contributed by atoms with Crippen molar-refractivity contribution in [2.75, 3.05) is 19.6 Å². The maximum atomic E-state index is 12.1. The molecule has 1 aromatic carbocycles. The van der Waals surface area contributed by atoms with Crippen molar-refractivity contribution in [2.24, 2.45) is 0 Å². The van der Waals surface area contributed by atoms with Crippen molar-refractivity contribution in [3.05, 3.63) is 40.3 Å². The zero-order chi connectivity index (χ0) is 15.1. The number of benzene rings is 1. The Morgan fingerprint density at radius 1 is 1.27 bits per heavy atom. The van der Waals surface area contributed by atoms with E-state index in [2.05, 4.69) is 22.0 Å². The zero-order valence-electron chi connectivity index (χ0n) is 12.6. The third kappa shape index (κ3) is 2.04. The second-order valence-electron chi connectivity index (χ2n) is 5.98. The predicted octanol–water partition coefficient (Wildman–Crippen LogP) is 2.87. The molecule has 0 bridgehead atoms. The van der Waals surface area contributed by atoms with Crippen LogP contribution in [0.15, 0.2) is 33.6 Å². The van der Waals surface area contributed by atoms with E-state index in [9.17, 15) is 4.79 Å². The number of piperidine rings is 1.